The topological polar surface area (TPSA) is 84.9 Å². The highest BCUT2D eigenvalue weighted by atomic mass is 16.6. The summed E-state index contributed by atoms with van der Waals surface area (Å²) in [6.45, 7) is 10.1. The van der Waals surface area contributed by atoms with Gasteiger partial charge in [0.05, 0.1) is 17.6 Å². The number of carbonyl (C=O) groups excluding carboxylic acids is 2. The molecule has 0 aliphatic heterocycles. The molecule has 0 spiro atoms. The highest BCUT2D eigenvalue weighted by molar-refractivity contribution is 5.77. The van der Waals surface area contributed by atoms with Crippen molar-refractivity contribution < 1.29 is 24.2 Å². The summed E-state index contributed by atoms with van der Waals surface area (Å²) in [4.78, 5) is 24.2. The van der Waals surface area contributed by atoms with Crippen LogP contribution in [0.1, 0.15) is 47.1 Å². The third kappa shape index (κ3) is 6.74. The maximum atomic E-state index is 12.4. The molecule has 0 saturated carbocycles. The van der Waals surface area contributed by atoms with Crippen molar-refractivity contribution in [3.63, 3.8) is 0 Å². The predicted molar refractivity (Wildman–Crippen MR) is 94.9 cm³/mol. The Kier molecular flexibility index (Phi) is 6.99. The van der Waals surface area contributed by atoms with Crippen LogP contribution < -0.4 is 5.32 Å². The number of esters is 1. The molecule has 0 bridgehead atoms. The van der Waals surface area contributed by atoms with Crippen molar-refractivity contribution in [2.45, 2.75) is 65.9 Å². The van der Waals surface area contributed by atoms with E-state index in [1.165, 1.54) is 0 Å². The first kappa shape index (κ1) is 21.0. The summed E-state index contributed by atoms with van der Waals surface area (Å²) in [5.74, 6) is -0.540. The quantitative estimate of drug-likeness (QED) is 0.770. The van der Waals surface area contributed by atoms with Crippen molar-refractivity contribution in [1.82, 2.24) is 5.32 Å². The third-order valence-corrected chi connectivity index (χ3v) is 3.70. The molecule has 140 valence electrons. The Morgan fingerprint density at radius 2 is 1.68 bits per heavy atom. The van der Waals surface area contributed by atoms with E-state index in [9.17, 15) is 14.7 Å². The van der Waals surface area contributed by atoms with Crippen molar-refractivity contribution in [2.75, 3.05) is 0 Å². The Bertz CT molecular complexity index is 577. The van der Waals surface area contributed by atoms with Gasteiger partial charge in [-0.15, -0.1) is 0 Å². The fourth-order valence-corrected chi connectivity index (χ4v) is 2.23. The van der Waals surface area contributed by atoms with Crippen molar-refractivity contribution in [3.05, 3.63) is 35.9 Å². The lowest BCUT2D eigenvalue weighted by atomic mass is 9.83. The van der Waals surface area contributed by atoms with Crippen LogP contribution >= 0.6 is 0 Å². The van der Waals surface area contributed by atoms with E-state index in [-0.39, 0.29) is 6.61 Å². The van der Waals surface area contributed by atoms with Crippen LogP contribution in [-0.2, 0) is 20.9 Å². The van der Waals surface area contributed by atoms with E-state index in [4.69, 9.17) is 9.47 Å². The zero-order chi connectivity index (χ0) is 19.3. The highest BCUT2D eigenvalue weighted by Gasteiger charge is 2.41. The van der Waals surface area contributed by atoms with Crippen LogP contribution in [0.5, 0.6) is 0 Å². The van der Waals surface area contributed by atoms with E-state index in [2.05, 4.69) is 5.32 Å². The van der Waals surface area contributed by atoms with E-state index in [0.29, 0.717) is 0 Å². The summed E-state index contributed by atoms with van der Waals surface area (Å²) in [6.07, 6.45) is -1.78. The SMILES string of the molecule is C[C@H](NC(=O)OC(C)(C)C)C(O)C(C)(C)C(=O)OCc1ccccc1. The minimum atomic E-state index is -1.19. The monoisotopic (exact) mass is 351 g/mol. The molecule has 6 heteroatoms. The summed E-state index contributed by atoms with van der Waals surface area (Å²) in [7, 11) is 0. The van der Waals surface area contributed by atoms with Crippen LogP contribution in [0, 0.1) is 5.41 Å². The van der Waals surface area contributed by atoms with E-state index < -0.39 is 35.2 Å². The van der Waals surface area contributed by atoms with Gasteiger partial charge in [-0.1, -0.05) is 30.3 Å². The Hall–Kier alpha value is -2.08. The van der Waals surface area contributed by atoms with Crippen molar-refractivity contribution in [2.24, 2.45) is 5.41 Å². The number of amides is 1. The third-order valence-electron chi connectivity index (χ3n) is 3.70. The maximum absolute atomic E-state index is 12.4. The molecule has 1 rings (SSSR count). The molecular formula is C19H29NO5. The second-order valence-electron chi connectivity index (χ2n) is 7.66. The van der Waals surface area contributed by atoms with Crippen molar-refractivity contribution in [3.8, 4) is 0 Å². The molecule has 6 nitrogen and oxygen atoms in total. The van der Waals surface area contributed by atoms with Gasteiger partial charge in [0.25, 0.3) is 0 Å². The molecule has 25 heavy (non-hydrogen) atoms. The van der Waals surface area contributed by atoms with Gasteiger partial charge in [0.1, 0.15) is 12.2 Å². The Morgan fingerprint density at radius 3 is 2.20 bits per heavy atom. The highest BCUT2D eigenvalue weighted by Crippen LogP contribution is 2.26. The van der Waals surface area contributed by atoms with Gasteiger partial charge in [-0.2, -0.15) is 0 Å². The van der Waals surface area contributed by atoms with Crippen LogP contribution in [0.25, 0.3) is 0 Å². The summed E-state index contributed by atoms with van der Waals surface area (Å²) in [6, 6.07) is 8.61. The van der Waals surface area contributed by atoms with Crippen LogP contribution in [0.3, 0.4) is 0 Å². The minimum Gasteiger partial charge on any atom is -0.460 e. The van der Waals surface area contributed by atoms with Gasteiger partial charge in [-0.3, -0.25) is 4.79 Å². The first-order valence-electron chi connectivity index (χ1n) is 8.32. The summed E-state index contributed by atoms with van der Waals surface area (Å²) in [5.41, 5.74) is -0.969. The molecule has 0 aliphatic carbocycles. The van der Waals surface area contributed by atoms with Gasteiger partial charge in [-0.05, 0) is 47.1 Å². The number of rotatable bonds is 6. The fourth-order valence-electron chi connectivity index (χ4n) is 2.23. The molecule has 0 aliphatic rings. The number of hydrogen-bond donors (Lipinski definition) is 2. The zero-order valence-electron chi connectivity index (χ0n) is 15.8. The molecule has 2 atom stereocenters. The summed E-state index contributed by atoms with van der Waals surface area (Å²) < 4.78 is 10.5. The van der Waals surface area contributed by atoms with E-state index >= 15 is 0 Å². The number of nitrogens with one attached hydrogen (secondary N) is 1. The van der Waals surface area contributed by atoms with Crippen LogP contribution in [0.4, 0.5) is 4.79 Å². The molecule has 1 aromatic carbocycles. The molecule has 0 radical (unpaired) electrons. The molecule has 0 aromatic heterocycles. The second-order valence-corrected chi connectivity index (χ2v) is 7.66. The molecule has 2 N–H and O–H groups in total. The van der Waals surface area contributed by atoms with Gasteiger partial charge in [0.15, 0.2) is 0 Å². The van der Waals surface area contributed by atoms with Gasteiger partial charge in [0.2, 0.25) is 0 Å². The fraction of sp³-hybridized carbons (Fsp3) is 0.579. The van der Waals surface area contributed by atoms with Gasteiger partial charge in [0, 0.05) is 0 Å². The number of aliphatic hydroxyl groups excluding tert-OH is 1. The maximum Gasteiger partial charge on any atom is 0.407 e. The van der Waals surface area contributed by atoms with Crippen molar-refractivity contribution >= 4 is 12.1 Å². The first-order chi connectivity index (χ1) is 11.4. The largest absolute Gasteiger partial charge is 0.460 e. The lowest BCUT2D eigenvalue weighted by molar-refractivity contribution is -0.163. The lowest BCUT2D eigenvalue weighted by Crippen LogP contribution is -2.52. The molecule has 1 amide bonds. The number of benzene rings is 1. The molecule has 0 heterocycles. The van der Waals surface area contributed by atoms with Crippen LogP contribution in [0.15, 0.2) is 30.3 Å². The molecular weight excluding hydrogens is 322 g/mol. The first-order valence-corrected chi connectivity index (χ1v) is 8.32. The molecule has 0 saturated heterocycles. The zero-order valence-corrected chi connectivity index (χ0v) is 15.8. The van der Waals surface area contributed by atoms with Gasteiger partial charge >= 0.3 is 12.1 Å². The van der Waals surface area contributed by atoms with Crippen LogP contribution in [-0.4, -0.2) is 34.9 Å². The predicted octanol–water partition coefficient (Wildman–Crippen LogP) is 3.03. The molecule has 0 fully saturated rings. The Labute approximate surface area is 149 Å². The average molecular weight is 351 g/mol. The van der Waals surface area contributed by atoms with E-state index in [0.717, 1.165) is 5.56 Å². The number of carbonyl (C=O) groups is 2. The Morgan fingerprint density at radius 1 is 1.12 bits per heavy atom. The van der Waals surface area contributed by atoms with E-state index in [1.54, 1.807) is 41.5 Å². The molecule has 1 unspecified atom stereocenters. The molecule has 1 aromatic rings. The van der Waals surface area contributed by atoms with Gasteiger partial charge < -0.3 is 19.9 Å². The number of alkyl carbamates (subject to hydrolysis) is 1. The number of ether oxygens (including phenoxy) is 2. The number of aliphatic hydroxyl groups is 1. The smallest absolute Gasteiger partial charge is 0.407 e. The van der Waals surface area contributed by atoms with Crippen molar-refractivity contribution in [1.29, 1.82) is 0 Å². The van der Waals surface area contributed by atoms with Gasteiger partial charge in [-0.25, -0.2) is 4.79 Å². The Balaban J connectivity index is 2.62. The van der Waals surface area contributed by atoms with E-state index in [1.807, 2.05) is 30.3 Å². The summed E-state index contributed by atoms with van der Waals surface area (Å²) >= 11 is 0. The summed E-state index contributed by atoms with van der Waals surface area (Å²) in [5, 5.41) is 13.0. The second kappa shape index (κ2) is 8.34. The number of hydrogen-bond acceptors (Lipinski definition) is 5. The standard InChI is InChI=1S/C19H29NO5/c1-13(20-17(23)25-18(2,3)4)15(21)19(5,6)16(22)24-12-14-10-8-7-9-11-14/h7-11,13,15,21H,12H2,1-6H3,(H,20,23)/t13-,15?/m0/s1. The van der Waals surface area contributed by atoms with Crippen LogP contribution in [0.2, 0.25) is 0 Å². The lowest BCUT2D eigenvalue weighted by Gasteiger charge is -2.33. The minimum absolute atomic E-state index is 0.129. The normalized spacial score (nSPS) is 14.4. The average Bonchev–Trinajstić information content (AvgIpc) is 2.50.